The van der Waals surface area contributed by atoms with Gasteiger partial charge in [-0.25, -0.2) is 0 Å². The molecule has 0 aromatic heterocycles. The van der Waals surface area contributed by atoms with E-state index in [1.807, 2.05) is 0 Å². The molecule has 0 aromatic rings. The lowest BCUT2D eigenvalue weighted by Gasteiger charge is -2.58. The monoisotopic (exact) mass is 243 g/mol. The molecule has 0 aromatic carbocycles. The fourth-order valence-electron chi connectivity index (χ4n) is 3.71. The molecule has 1 aliphatic heterocycles. The fraction of sp³-hybridized carbons (Fsp3) is 1.00. The number of rotatable bonds is 6. The van der Waals surface area contributed by atoms with Gasteiger partial charge in [-0.2, -0.15) is 0 Å². The Hall–Kier alpha value is -0.160. The molecule has 2 rings (SSSR count). The highest BCUT2D eigenvalue weighted by atomic mass is 16.5. The zero-order chi connectivity index (χ0) is 12.5. The van der Waals surface area contributed by atoms with Crippen molar-refractivity contribution >= 4 is 0 Å². The zero-order valence-electron chi connectivity index (χ0n) is 11.2. The van der Waals surface area contributed by atoms with E-state index in [-0.39, 0.29) is 12.0 Å². The lowest BCUT2D eigenvalue weighted by molar-refractivity contribution is -0.151. The predicted molar refractivity (Wildman–Crippen MR) is 66.0 cm³/mol. The molecular weight excluding hydrogens is 218 g/mol. The molecule has 1 saturated carbocycles. The molecule has 100 valence electrons. The summed E-state index contributed by atoms with van der Waals surface area (Å²) in [5.74, 6) is 0.702. The number of aliphatic hydroxyl groups is 1. The molecule has 1 N–H and O–H groups in total. The first-order valence-corrected chi connectivity index (χ1v) is 6.59. The van der Waals surface area contributed by atoms with E-state index in [1.165, 1.54) is 6.42 Å². The summed E-state index contributed by atoms with van der Waals surface area (Å²) >= 11 is 0. The van der Waals surface area contributed by atoms with Crippen molar-refractivity contribution in [3.05, 3.63) is 0 Å². The van der Waals surface area contributed by atoms with Crippen LogP contribution in [0.1, 0.15) is 20.3 Å². The van der Waals surface area contributed by atoms with Gasteiger partial charge in [0, 0.05) is 30.5 Å². The summed E-state index contributed by atoms with van der Waals surface area (Å²) in [6.07, 6.45) is 1.65. The summed E-state index contributed by atoms with van der Waals surface area (Å²) in [6, 6.07) is 0.604. The molecule has 4 nitrogen and oxygen atoms in total. The number of hydrogen-bond acceptors (Lipinski definition) is 4. The second-order valence-corrected chi connectivity index (χ2v) is 5.83. The summed E-state index contributed by atoms with van der Waals surface area (Å²) in [6.45, 7) is 7.70. The molecule has 2 fully saturated rings. The standard InChI is InChI=1S/C13H25NO3/c1-13(2)11(10-4-7-17-12(10)13)14(3)5-8-16-9-6-15/h10-12,15H,4-9H2,1-3H3. The van der Waals surface area contributed by atoms with Crippen molar-refractivity contribution < 1.29 is 14.6 Å². The van der Waals surface area contributed by atoms with E-state index >= 15 is 0 Å². The van der Waals surface area contributed by atoms with Gasteiger partial charge in [0.1, 0.15) is 0 Å². The van der Waals surface area contributed by atoms with Crippen LogP contribution in [-0.4, -0.2) is 62.2 Å². The van der Waals surface area contributed by atoms with Gasteiger partial charge in [-0.1, -0.05) is 13.8 Å². The summed E-state index contributed by atoms with van der Waals surface area (Å²) in [7, 11) is 2.17. The van der Waals surface area contributed by atoms with Crippen LogP contribution in [0, 0.1) is 11.3 Å². The van der Waals surface area contributed by atoms with E-state index in [1.54, 1.807) is 0 Å². The number of likely N-dealkylation sites (N-methyl/N-ethyl adjacent to an activating group) is 1. The Morgan fingerprint density at radius 3 is 2.88 bits per heavy atom. The number of aliphatic hydroxyl groups excluding tert-OH is 1. The van der Waals surface area contributed by atoms with Crippen LogP contribution in [0.25, 0.3) is 0 Å². The molecule has 4 heteroatoms. The van der Waals surface area contributed by atoms with Crippen LogP contribution < -0.4 is 0 Å². The first-order chi connectivity index (χ1) is 8.09. The molecule has 0 amide bonds. The Kier molecular flexibility index (Phi) is 4.08. The van der Waals surface area contributed by atoms with E-state index < -0.39 is 0 Å². The van der Waals surface area contributed by atoms with E-state index in [4.69, 9.17) is 14.6 Å². The Morgan fingerprint density at radius 2 is 2.18 bits per heavy atom. The molecule has 1 aliphatic carbocycles. The maximum Gasteiger partial charge on any atom is 0.0698 e. The van der Waals surface area contributed by atoms with Gasteiger partial charge in [-0.05, 0) is 13.5 Å². The number of ether oxygens (including phenoxy) is 2. The molecular formula is C13H25NO3. The van der Waals surface area contributed by atoms with Crippen LogP contribution in [0.4, 0.5) is 0 Å². The lowest BCUT2D eigenvalue weighted by Crippen LogP contribution is -2.66. The zero-order valence-corrected chi connectivity index (χ0v) is 11.2. The Balaban J connectivity index is 1.80. The van der Waals surface area contributed by atoms with E-state index in [2.05, 4.69) is 25.8 Å². The normalized spacial score (nSPS) is 34.8. The van der Waals surface area contributed by atoms with Gasteiger partial charge in [0.15, 0.2) is 0 Å². The molecule has 0 bridgehead atoms. The minimum atomic E-state index is 0.108. The average molecular weight is 243 g/mol. The number of fused-ring (bicyclic) bond motifs is 1. The molecule has 1 saturated heterocycles. The highest BCUT2D eigenvalue weighted by Crippen LogP contribution is 2.54. The number of hydrogen-bond donors (Lipinski definition) is 1. The van der Waals surface area contributed by atoms with Crippen molar-refractivity contribution in [2.75, 3.05) is 40.0 Å². The minimum absolute atomic E-state index is 0.108. The van der Waals surface area contributed by atoms with Crippen molar-refractivity contribution in [3.8, 4) is 0 Å². The van der Waals surface area contributed by atoms with Gasteiger partial charge >= 0.3 is 0 Å². The van der Waals surface area contributed by atoms with Gasteiger partial charge in [0.2, 0.25) is 0 Å². The summed E-state index contributed by atoms with van der Waals surface area (Å²) in [4.78, 5) is 2.40. The van der Waals surface area contributed by atoms with Crippen LogP contribution >= 0.6 is 0 Å². The van der Waals surface area contributed by atoms with E-state index in [0.29, 0.717) is 31.3 Å². The van der Waals surface area contributed by atoms with Crippen LogP contribution in [0.15, 0.2) is 0 Å². The third-order valence-corrected chi connectivity index (χ3v) is 4.34. The largest absolute Gasteiger partial charge is 0.394 e. The highest BCUT2D eigenvalue weighted by Gasteiger charge is 2.60. The first kappa shape index (κ1) is 13.3. The van der Waals surface area contributed by atoms with Crippen LogP contribution in [0.3, 0.4) is 0 Å². The van der Waals surface area contributed by atoms with Crippen molar-refractivity contribution in [3.63, 3.8) is 0 Å². The maximum absolute atomic E-state index is 8.65. The average Bonchev–Trinajstić information content (AvgIpc) is 2.70. The van der Waals surface area contributed by atoms with Crippen molar-refractivity contribution in [2.45, 2.75) is 32.4 Å². The van der Waals surface area contributed by atoms with Gasteiger partial charge in [-0.3, -0.25) is 0 Å². The Labute approximate surface area is 104 Å². The van der Waals surface area contributed by atoms with Crippen LogP contribution in [-0.2, 0) is 9.47 Å². The van der Waals surface area contributed by atoms with E-state index in [0.717, 1.165) is 13.2 Å². The number of nitrogens with zero attached hydrogens (tertiary/aromatic N) is 1. The maximum atomic E-state index is 8.65. The van der Waals surface area contributed by atoms with E-state index in [9.17, 15) is 0 Å². The first-order valence-electron chi connectivity index (χ1n) is 6.59. The third kappa shape index (κ3) is 2.36. The predicted octanol–water partition coefficient (Wildman–Crippen LogP) is 0.741. The molecule has 1 heterocycles. The van der Waals surface area contributed by atoms with Crippen molar-refractivity contribution in [2.24, 2.45) is 11.3 Å². The molecule has 0 spiro atoms. The fourth-order valence-corrected chi connectivity index (χ4v) is 3.71. The molecule has 3 unspecified atom stereocenters. The minimum Gasteiger partial charge on any atom is -0.394 e. The van der Waals surface area contributed by atoms with Gasteiger partial charge in [0.25, 0.3) is 0 Å². The smallest absolute Gasteiger partial charge is 0.0698 e. The van der Waals surface area contributed by atoms with Gasteiger partial charge in [-0.15, -0.1) is 0 Å². The van der Waals surface area contributed by atoms with Crippen molar-refractivity contribution in [1.29, 1.82) is 0 Å². The molecule has 2 aliphatic rings. The molecule has 17 heavy (non-hydrogen) atoms. The topological polar surface area (TPSA) is 41.9 Å². The molecule has 3 atom stereocenters. The van der Waals surface area contributed by atoms with Crippen molar-refractivity contribution in [1.82, 2.24) is 4.90 Å². The highest BCUT2D eigenvalue weighted by molar-refractivity contribution is 5.11. The quantitative estimate of drug-likeness (QED) is 0.699. The van der Waals surface area contributed by atoms with Crippen LogP contribution in [0.5, 0.6) is 0 Å². The SMILES string of the molecule is CN(CCOCCO)C1C2CCOC2C1(C)C. The molecule has 0 radical (unpaired) electrons. The Bertz CT molecular complexity index is 257. The second-order valence-electron chi connectivity index (χ2n) is 5.83. The Morgan fingerprint density at radius 1 is 1.41 bits per heavy atom. The lowest BCUT2D eigenvalue weighted by atomic mass is 9.57. The summed E-state index contributed by atoms with van der Waals surface area (Å²) in [5, 5.41) is 8.65. The summed E-state index contributed by atoms with van der Waals surface area (Å²) in [5.41, 5.74) is 0.257. The summed E-state index contributed by atoms with van der Waals surface area (Å²) < 4.78 is 11.1. The van der Waals surface area contributed by atoms with Crippen LogP contribution in [0.2, 0.25) is 0 Å². The van der Waals surface area contributed by atoms with Gasteiger partial charge < -0.3 is 19.5 Å². The van der Waals surface area contributed by atoms with Gasteiger partial charge in [0.05, 0.1) is 25.9 Å². The second kappa shape index (κ2) is 5.22. The third-order valence-electron chi connectivity index (χ3n) is 4.34.